The minimum atomic E-state index is -2.78. The number of unbranched alkanes of at least 4 members (excludes halogenated alkanes) is 2. The molecule has 0 radical (unpaired) electrons. The molecule has 0 amide bonds. The fourth-order valence-corrected chi connectivity index (χ4v) is 2.78. The van der Waals surface area contributed by atoms with Crippen LogP contribution in [0.5, 0.6) is 0 Å². The average molecular weight is 277 g/mol. The molecule has 1 N–H and O–H groups in total. The first-order valence-electron chi connectivity index (χ1n) is 7.08. The molecule has 0 aromatic rings. The lowest BCUT2D eigenvalue weighted by Gasteiger charge is -2.32. The largest absolute Gasteiger partial charge is 0.313 e. The Morgan fingerprint density at radius 2 is 1.72 bits per heavy atom. The zero-order chi connectivity index (χ0) is 14.2. The van der Waals surface area contributed by atoms with Gasteiger partial charge in [-0.25, -0.2) is 8.42 Å². The molecule has 0 saturated heterocycles. The van der Waals surface area contributed by atoms with Gasteiger partial charge in [-0.2, -0.15) is 0 Å². The van der Waals surface area contributed by atoms with Gasteiger partial charge in [0.1, 0.15) is 9.84 Å². The van der Waals surface area contributed by atoms with E-state index in [0.717, 1.165) is 38.6 Å². The van der Waals surface area contributed by atoms with Crippen molar-refractivity contribution in [1.29, 1.82) is 0 Å². The van der Waals surface area contributed by atoms with Crippen molar-refractivity contribution in [3.05, 3.63) is 0 Å². The SMILES string of the molecule is CCCNC(CCCCCS(C)(=O)=O)C(C)(C)C. The van der Waals surface area contributed by atoms with Gasteiger partial charge in [-0.1, -0.05) is 40.5 Å². The summed E-state index contributed by atoms with van der Waals surface area (Å²) in [6, 6.07) is 0.524. The van der Waals surface area contributed by atoms with E-state index in [-0.39, 0.29) is 5.41 Å². The van der Waals surface area contributed by atoms with Crippen LogP contribution in [0.2, 0.25) is 0 Å². The molecule has 1 atom stereocenters. The predicted molar refractivity (Wildman–Crippen MR) is 79.7 cm³/mol. The highest BCUT2D eigenvalue weighted by molar-refractivity contribution is 7.90. The van der Waals surface area contributed by atoms with Gasteiger partial charge < -0.3 is 5.32 Å². The summed E-state index contributed by atoms with van der Waals surface area (Å²) in [4.78, 5) is 0. The quantitative estimate of drug-likeness (QED) is 0.659. The molecule has 18 heavy (non-hydrogen) atoms. The normalized spacial score (nSPS) is 14.7. The first-order chi connectivity index (χ1) is 8.17. The van der Waals surface area contributed by atoms with E-state index < -0.39 is 9.84 Å². The van der Waals surface area contributed by atoms with Gasteiger partial charge in [0.25, 0.3) is 0 Å². The van der Waals surface area contributed by atoms with Gasteiger partial charge >= 0.3 is 0 Å². The highest BCUT2D eigenvalue weighted by atomic mass is 32.2. The van der Waals surface area contributed by atoms with E-state index >= 15 is 0 Å². The van der Waals surface area contributed by atoms with Crippen LogP contribution in [0.1, 0.15) is 59.8 Å². The predicted octanol–water partition coefficient (Wildman–Crippen LogP) is 3.01. The van der Waals surface area contributed by atoms with Gasteiger partial charge in [0.2, 0.25) is 0 Å². The number of sulfone groups is 1. The molecule has 0 aromatic heterocycles. The summed E-state index contributed by atoms with van der Waals surface area (Å²) in [6.45, 7) is 10.0. The highest BCUT2D eigenvalue weighted by Gasteiger charge is 2.23. The lowest BCUT2D eigenvalue weighted by molar-refractivity contribution is 0.250. The number of hydrogen-bond donors (Lipinski definition) is 1. The molecule has 0 aliphatic rings. The molecule has 0 spiro atoms. The molecule has 3 nitrogen and oxygen atoms in total. The van der Waals surface area contributed by atoms with Crippen molar-refractivity contribution in [2.24, 2.45) is 5.41 Å². The van der Waals surface area contributed by atoms with Crippen molar-refractivity contribution in [2.45, 2.75) is 65.8 Å². The van der Waals surface area contributed by atoms with Crippen LogP contribution in [0.25, 0.3) is 0 Å². The van der Waals surface area contributed by atoms with Gasteiger partial charge in [-0.15, -0.1) is 0 Å². The van der Waals surface area contributed by atoms with E-state index in [4.69, 9.17) is 0 Å². The second kappa shape index (κ2) is 8.16. The molecular weight excluding hydrogens is 246 g/mol. The van der Waals surface area contributed by atoms with Crippen LogP contribution in [0.15, 0.2) is 0 Å². The lowest BCUT2D eigenvalue weighted by Crippen LogP contribution is -2.40. The van der Waals surface area contributed by atoms with Gasteiger partial charge in [-0.05, 0) is 31.2 Å². The first kappa shape index (κ1) is 17.9. The molecule has 0 heterocycles. The van der Waals surface area contributed by atoms with Crippen LogP contribution in [-0.2, 0) is 9.84 Å². The summed E-state index contributed by atoms with van der Waals surface area (Å²) in [6.07, 6.45) is 6.51. The first-order valence-corrected chi connectivity index (χ1v) is 9.14. The monoisotopic (exact) mass is 277 g/mol. The highest BCUT2D eigenvalue weighted by Crippen LogP contribution is 2.23. The Labute approximate surface area is 114 Å². The second-order valence-electron chi connectivity index (χ2n) is 6.35. The van der Waals surface area contributed by atoms with Crippen molar-refractivity contribution < 1.29 is 8.42 Å². The molecule has 0 bridgehead atoms. The summed E-state index contributed by atoms with van der Waals surface area (Å²) < 4.78 is 22.0. The molecular formula is C14H31NO2S. The lowest BCUT2D eigenvalue weighted by atomic mass is 9.83. The van der Waals surface area contributed by atoms with E-state index in [1.165, 1.54) is 6.26 Å². The second-order valence-corrected chi connectivity index (χ2v) is 8.61. The molecule has 0 saturated carbocycles. The molecule has 0 fully saturated rings. The minimum absolute atomic E-state index is 0.270. The molecule has 0 aromatic carbocycles. The Balaban J connectivity index is 3.90. The third-order valence-electron chi connectivity index (χ3n) is 3.19. The van der Waals surface area contributed by atoms with Crippen molar-refractivity contribution in [2.75, 3.05) is 18.6 Å². The Kier molecular flexibility index (Phi) is 8.11. The van der Waals surface area contributed by atoms with E-state index in [1.54, 1.807) is 0 Å². The minimum Gasteiger partial charge on any atom is -0.313 e. The molecule has 110 valence electrons. The third kappa shape index (κ3) is 9.89. The fourth-order valence-electron chi connectivity index (χ4n) is 2.05. The standard InChI is InChI=1S/C14H31NO2S/c1-6-11-15-13(14(2,3)4)10-8-7-9-12-18(5,16)17/h13,15H,6-12H2,1-5H3. The van der Waals surface area contributed by atoms with Crippen LogP contribution in [-0.4, -0.2) is 33.0 Å². The molecule has 0 aliphatic carbocycles. The smallest absolute Gasteiger partial charge is 0.147 e. The summed E-state index contributed by atoms with van der Waals surface area (Å²) in [7, 11) is -2.78. The maximum absolute atomic E-state index is 11.0. The maximum atomic E-state index is 11.0. The van der Waals surface area contributed by atoms with Crippen LogP contribution >= 0.6 is 0 Å². The summed E-state index contributed by atoms with van der Waals surface area (Å²) in [5.74, 6) is 0.329. The maximum Gasteiger partial charge on any atom is 0.147 e. The van der Waals surface area contributed by atoms with Crippen molar-refractivity contribution in [3.63, 3.8) is 0 Å². The van der Waals surface area contributed by atoms with Crippen molar-refractivity contribution >= 4 is 9.84 Å². The zero-order valence-corrected chi connectivity index (χ0v) is 13.6. The van der Waals surface area contributed by atoms with Crippen LogP contribution < -0.4 is 5.32 Å². The summed E-state index contributed by atoms with van der Waals surface area (Å²) >= 11 is 0. The average Bonchev–Trinajstić information content (AvgIpc) is 2.18. The van der Waals surface area contributed by atoms with Crippen LogP contribution in [0, 0.1) is 5.41 Å². The van der Waals surface area contributed by atoms with E-state index in [0.29, 0.717) is 11.8 Å². The molecule has 4 heteroatoms. The fraction of sp³-hybridized carbons (Fsp3) is 1.00. The molecule has 0 rings (SSSR count). The van der Waals surface area contributed by atoms with E-state index in [9.17, 15) is 8.42 Å². The van der Waals surface area contributed by atoms with Gasteiger partial charge in [-0.3, -0.25) is 0 Å². The van der Waals surface area contributed by atoms with Crippen LogP contribution in [0.4, 0.5) is 0 Å². The molecule has 0 aliphatic heterocycles. The summed E-state index contributed by atoms with van der Waals surface area (Å²) in [5.41, 5.74) is 0.270. The Morgan fingerprint density at radius 1 is 1.11 bits per heavy atom. The van der Waals surface area contributed by atoms with Gasteiger partial charge in [0.15, 0.2) is 0 Å². The zero-order valence-electron chi connectivity index (χ0n) is 12.8. The van der Waals surface area contributed by atoms with E-state index in [2.05, 4.69) is 33.0 Å². The topological polar surface area (TPSA) is 46.2 Å². The van der Waals surface area contributed by atoms with Gasteiger partial charge in [0, 0.05) is 18.1 Å². The molecule has 1 unspecified atom stereocenters. The Hall–Kier alpha value is -0.0900. The third-order valence-corrected chi connectivity index (χ3v) is 4.22. The number of rotatable bonds is 9. The van der Waals surface area contributed by atoms with Crippen molar-refractivity contribution in [3.8, 4) is 0 Å². The Bertz CT molecular complexity index is 304. The van der Waals surface area contributed by atoms with Gasteiger partial charge in [0.05, 0.1) is 0 Å². The number of hydrogen-bond acceptors (Lipinski definition) is 3. The van der Waals surface area contributed by atoms with Crippen LogP contribution in [0.3, 0.4) is 0 Å². The number of nitrogens with one attached hydrogen (secondary N) is 1. The summed E-state index contributed by atoms with van der Waals surface area (Å²) in [5, 5.41) is 3.60. The van der Waals surface area contributed by atoms with Crippen molar-refractivity contribution in [1.82, 2.24) is 5.32 Å². The van der Waals surface area contributed by atoms with E-state index in [1.807, 2.05) is 0 Å². The Morgan fingerprint density at radius 3 is 2.17 bits per heavy atom.